The Morgan fingerprint density at radius 1 is 1.03 bits per heavy atom. The van der Waals surface area contributed by atoms with Crippen LogP contribution in [0.15, 0.2) is 49.2 Å². The highest BCUT2D eigenvalue weighted by Crippen LogP contribution is 2.27. The summed E-state index contributed by atoms with van der Waals surface area (Å²) < 4.78 is 13.5. The Morgan fingerprint density at radius 2 is 1.88 bits per heavy atom. The van der Waals surface area contributed by atoms with Gasteiger partial charge in [-0.2, -0.15) is 10.4 Å². The highest BCUT2D eigenvalue weighted by molar-refractivity contribution is 6.30. The van der Waals surface area contributed by atoms with Gasteiger partial charge in [-0.05, 0) is 48.7 Å². The van der Waals surface area contributed by atoms with Crippen LogP contribution in [0.5, 0.6) is 5.75 Å². The molecule has 2 heterocycles. The van der Waals surface area contributed by atoms with Crippen molar-refractivity contribution >= 4 is 22.5 Å². The van der Waals surface area contributed by atoms with Crippen molar-refractivity contribution in [3.8, 4) is 17.5 Å². The summed E-state index contributed by atoms with van der Waals surface area (Å²) in [6.07, 6.45) is 7.36. The Labute approximate surface area is 202 Å². The van der Waals surface area contributed by atoms with Gasteiger partial charge in [0.25, 0.3) is 0 Å². The van der Waals surface area contributed by atoms with E-state index in [9.17, 15) is 0 Å². The van der Waals surface area contributed by atoms with Crippen LogP contribution in [0.4, 0.5) is 0 Å². The fraction of sp³-hybridized carbons (Fsp3) is 0.333. The molecule has 0 saturated carbocycles. The lowest BCUT2D eigenvalue weighted by atomic mass is 10.1. The van der Waals surface area contributed by atoms with Crippen molar-refractivity contribution < 1.29 is 9.47 Å². The molecular weight excluding hydrogens is 454 g/mol. The minimum Gasteiger partial charge on any atom is -0.490 e. The summed E-state index contributed by atoms with van der Waals surface area (Å²) in [5.41, 5.74) is 3.81. The molecule has 34 heavy (non-hydrogen) atoms. The molecular formula is C24H26ClN7O2. The molecule has 2 N–H and O–H groups in total. The second-order valence-electron chi connectivity index (χ2n) is 7.79. The van der Waals surface area contributed by atoms with E-state index in [-0.39, 0.29) is 0 Å². The fourth-order valence-electron chi connectivity index (χ4n) is 3.62. The summed E-state index contributed by atoms with van der Waals surface area (Å²) in [5, 5.41) is 28.6. The Kier molecular flexibility index (Phi) is 8.46. The molecule has 0 unspecified atom stereocenters. The predicted octanol–water partition coefficient (Wildman–Crippen LogP) is 3.83. The SMILES string of the molecule is N#CCc1cc(Cl)cc(CNCCCCOCCOc2cc(-n3cnnc3)cc3[nH]ncc23)c1. The number of unbranched alkanes of at least 4 members (excludes halogenated alkanes) is 1. The Bertz CT molecular complexity index is 1230. The van der Waals surface area contributed by atoms with Gasteiger partial charge in [-0.3, -0.25) is 9.67 Å². The molecule has 2 aromatic heterocycles. The summed E-state index contributed by atoms with van der Waals surface area (Å²) in [6.45, 7) is 3.24. The molecule has 0 aliphatic heterocycles. The molecule has 0 aliphatic carbocycles. The third kappa shape index (κ3) is 6.54. The smallest absolute Gasteiger partial charge is 0.132 e. The van der Waals surface area contributed by atoms with Crippen molar-refractivity contribution in [1.29, 1.82) is 5.26 Å². The second-order valence-corrected chi connectivity index (χ2v) is 8.23. The van der Waals surface area contributed by atoms with Crippen LogP contribution in [0.3, 0.4) is 0 Å². The molecule has 4 rings (SSSR count). The molecule has 0 atom stereocenters. The minimum absolute atomic E-state index is 0.370. The average molecular weight is 480 g/mol. The molecule has 0 fully saturated rings. The lowest BCUT2D eigenvalue weighted by Gasteiger charge is -2.10. The maximum Gasteiger partial charge on any atom is 0.132 e. The highest BCUT2D eigenvalue weighted by atomic mass is 35.5. The van der Waals surface area contributed by atoms with Crippen LogP contribution in [0.1, 0.15) is 24.0 Å². The molecule has 176 valence electrons. The number of rotatable bonds is 13. The second kappa shape index (κ2) is 12.1. The maximum atomic E-state index is 8.85. The van der Waals surface area contributed by atoms with Gasteiger partial charge in [-0.15, -0.1) is 10.2 Å². The van der Waals surface area contributed by atoms with Crippen LogP contribution in [0, 0.1) is 11.3 Å². The quantitative estimate of drug-likeness (QED) is 0.280. The Balaban J connectivity index is 1.12. The molecule has 10 heteroatoms. The zero-order valence-electron chi connectivity index (χ0n) is 18.7. The van der Waals surface area contributed by atoms with Gasteiger partial charge >= 0.3 is 0 Å². The number of benzene rings is 2. The summed E-state index contributed by atoms with van der Waals surface area (Å²) in [7, 11) is 0. The Morgan fingerprint density at radius 3 is 2.74 bits per heavy atom. The topological polar surface area (TPSA) is 114 Å². The van der Waals surface area contributed by atoms with Gasteiger partial charge in [0.15, 0.2) is 0 Å². The summed E-state index contributed by atoms with van der Waals surface area (Å²) in [4.78, 5) is 0. The van der Waals surface area contributed by atoms with Gasteiger partial charge in [-0.1, -0.05) is 17.7 Å². The third-order valence-corrected chi connectivity index (χ3v) is 5.45. The van der Waals surface area contributed by atoms with Gasteiger partial charge < -0.3 is 14.8 Å². The third-order valence-electron chi connectivity index (χ3n) is 5.23. The monoisotopic (exact) mass is 479 g/mol. The minimum atomic E-state index is 0.370. The standard InChI is InChI=1S/C24H26ClN7O2/c25-20-10-18(3-4-26)9-19(11-20)14-27-5-1-2-6-33-7-8-34-24-13-21(32-16-29-30-17-32)12-23-22(24)15-28-31-23/h9-13,15-17,27H,1-3,5-8,14H2,(H,28,31). The first-order valence-electron chi connectivity index (χ1n) is 11.1. The number of nitriles is 1. The van der Waals surface area contributed by atoms with Crippen molar-refractivity contribution in [2.45, 2.75) is 25.8 Å². The van der Waals surface area contributed by atoms with E-state index in [1.54, 1.807) is 18.9 Å². The lowest BCUT2D eigenvalue weighted by Crippen LogP contribution is -2.15. The molecule has 0 amide bonds. The number of nitrogens with zero attached hydrogens (tertiary/aromatic N) is 5. The van der Waals surface area contributed by atoms with E-state index in [1.807, 2.05) is 34.9 Å². The van der Waals surface area contributed by atoms with Gasteiger partial charge in [-0.25, -0.2) is 0 Å². The molecule has 0 saturated heterocycles. The van der Waals surface area contributed by atoms with Crippen molar-refractivity contribution in [3.63, 3.8) is 0 Å². The number of halogens is 1. The van der Waals surface area contributed by atoms with Crippen molar-refractivity contribution in [2.24, 2.45) is 0 Å². The molecule has 4 aromatic rings. The number of aromatic nitrogens is 5. The number of ether oxygens (including phenoxy) is 2. The van der Waals surface area contributed by atoms with Crippen LogP contribution >= 0.6 is 11.6 Å². The van der Waals surface area contributed by atoms with Crippen molar-refractivity contribution in [1.82, 2.24) is 30.3 Å². The number of nitrogens with one attached hydrogen (secondary N) is 2. The maximum absolute atomic E-state index is 8.85. The predicted molar refractivity (Wildman–Crippen MR) is 129 cm³/mol. The molecule has 0 aliphatic rings. The van der Waals surface area contributed by atoms with E-state index in [0.717, 1.165) is 59.4 Å². The van der Waals surface area contributed by atoms with Crippen LogP contribution in [-0.4, -0.2) is 51.3 Å². The van der Waals surface area contributed by atoms with E-state index in [2.05, 4.69) is 31.8 Å². The molecule has 9 nitrogen and oxygen atoms in total. The van der Waals surface area contributed by atoms with E-state index in [4.69, 9.17) is 26.3 Å². The van der Waals surface area contributed by atoms with Gasteiger partial charge in [0, 0.05) is 24.2 Å². The van der Waals surface area contributed by atoms with E-state index in [1.165, 1.54) is 0 Å². The number of hydrogen-bond donors (Lipinski definition) is 2. The largest absolute Gasteiger partial charge is 0.490 e. The highest BCUT2D eigenvalue weighted by Gasteiger charge is 2.09. The zero-order valence-corrected chi connectivity index (χ0v) is 19.5. The molecule has 2 aromatic carbocycles. The summed E-state index contributed by atoms with van der Waals surface area (Å²) in [5.74, 6) is 0.738. The fourth-order valence-corrected chi connectivity index (χ4v) is 3.90. The summed E-state index contributed by atoms with van der Waals surface area (Å²) in [6, 6.07) is 11.9. The van der Waals surface area contributed by atoms with E-state index >= 15 is 0 Å². The lowest BCUT2D eigenvalue weighted by molar-refractivity contribution is 0.0979. The Hall–Kier alpha value is -3.45. The first kappa shape index (κ1) is 23.7. The van der Waals surface area contributed by atoms with Gasteiger partial charge in [0.2, 0.25) is 0 Å². The molecule has 0 spiro atoms. The van der Waals surface area contributed by atoms with E-state index in [0.29, 0.717) is 31.3 Å². The normalized spacial score (nSPS) is 11.1. The van der Waals surface area contributed by atoms with Gasteiger partial charge in [0.1, 0.15) is 25.0 Å². The zero-order chi connectivity index (χ0) is 23.6. The first-order chi connectivity index (χ1) is 16.7. The number of hydrogen-bond acceptors (Lipinski definition) is 7. The van der Waals surface area contributed by atoms with Crippen molar-refractivity contribution in [2.75, 3.05) is 26.4 Å². The molecule has 0 bridgehead atoms. The van der Waals surface area contributed by atoms with Crippen LogP contribution in [-0.2, 0) is 17.7 Å². The number of fused-ring (bicyclic) bond motifs is 1. The number of aromatic amines is 1. The van der Waals surface area contributed by atoms with Gasteiger partial charge in [0.05, 0.1) is 41.9 Å². The number of H-pyrrole nitrogens is 1. The molecule has 0 radical (unpaired) electrons. The van der Waals surface area contributed by atoms with Crippen LogP contribution < -0.4 is 10.1 Å². The van der Waals surface area contributed by atoms with E-state index < -0.39 is 0 Å². The summed E-state index contributed by atoms with van der Waals surface area (Å²) >= 11 is 6.13. The first-order valence-corrected chi connectivity index (χ1v) is 11.5. The average Bonchev–Trinajstić information content (AvgIpc) is 3.52. The van der Waals surface area contributed by atoms with Crippen LogP contribution in [0.25, 0.3) is 16.6 Å². The van der Waals surface area contributed by atoms with Crippen molar-refractivity contribution in [3.05, 3.63) is 65.3 Å². The van der Waals surface area contributed by atoms with Crippen LogP contribution in [0.2, 0.25) is 5.02 Å².